The summed E-state index contributed by atoms with van der Waals surface area (Å²) in [5.41, 5.74) is 2.09. The molecule has 0 saturated carbocycles. The van der Waals surface area contributed by atoms with Gasteiger partial charge in [0.05, 0.1) is 22.0 Å². The number of hydroxylamine groups is 1. The van der Waals surface area contributed by atoms with Crippen LogP contribution in [0.3, 0.4) is 0 Å². The zero-order valence-corrected chi connectivity index (χ0v) is 16.2. The van der Waals surface area contributed by atoms with Crippen LogP contribution in [0.25, 0.3) is 0 Å². The third-order valence-corrected chi connectivity index (χ3v) is 4.19. The van der Waals surface area contributed by atoms with Crippen molar-refractivity contribution in [3.05, 3.63) is 56.4 Å². The van der Waals surface area contributed by atoms with Crippen molar-refractivity contribution in [2.24, 2.45) is 0 Å². The van der Waals surface area contributed by atoms with Gasteiger partial charge in [-0.25, -0.2) is 9.87 Å². The first-order valence-corrected chi connectivity index (χ1v) is 8.72. The molecule has 3 N–H and O–H groups in total. The van der Waals surface area contributed by atoms with Crippen LogP contribution in [0.1, 0.15) is 10.4 Å². The Morgan fingerprint density at radius 1 is 1.22 bits per heavy atom. The molecule has 0 aliphatic carbocycles. The molecule has 0 aliphatic rings. The Bertz CT molecular complexity index is 836. The molecular weight excluding hydrogens is 507 g/mol. The van der Waals surface area contributed by atoms with Crippen LogP contribution in [0, 0.1) is 9.39 Å². The summed E-state index contributed by atoms with van der Waals surface area (Å²) in [7, 11) is 0. The molecule has 11 heteroatoms. The highest BCUT2D eigenvalue weighted by atomic mass is 127. The molecule has 0 fully saturated rings. The van der Waals surface area contributed by atoms with Gasteiger partial charge in [0.1, 0.15) is 12.4 Å². The van der Waals surface area contributed by atoms with E-state index in [1.165, 1.54) is 0 Å². The quantitative estimate of drug-likeness (QED) is 0.301. The van der Waals surface area contributed by atoms with Gasteiger partial charge >= 0.3 is 6.18 Å². The van der Waals surface area contributed by atoms with E-state index in [0.29, 0.717) is 10.7 Å². The molecular formula is C16H12ClF4IN2O3. The van der Waals surface area contributed by atoms with Crippen LogP contribution in [0.2, 0.25) is 5.02 Å². The minimum atomic E-state index is -4.88. The van der Waals surface area contributed by atoms with Crippen molar-refractivity contribution in [3.8, 4) is 0 Å². The van der Waals surface area contributed by atoms with Crippen LogP contribution in [0.5, 0.6) is 0 Å². The van der Waals surface area contributed by atoms with E-state index in [9.17, 15) is 22.4 Å². The van der Waals surface area contributed by atoms with Gasteiger partial charge in [0.25, 0.3) is 5.91 Å². The van der Waals surface area contributed by atoms with E-state index in [0.717, 1.165) is 21.8 Å². The van der Waals surface area contributed by atoms with E-state index in [2.05, 4.69) is 10.2 Å². The molecule has 1 amide bonds. The lowest BCUT2D eigenvalue weighted by molar-refractivity contribution is -0.221. The Morgan fingerprint density at radius 2 is 1.93 bits per heavy atom. The van der Waals surface area contributed by atoms with Gasteiger partial charge in [0.2, 0.25) is 0 Å². The number of hydrogen-bond donors (Lipinski definition) is 3. The molecule has 146 valence electrons. The SMILES string of the molecule is O=C(NOCC(O)C(F)(F)F)c1ccc(F)cc1Nc1ccc(I)cc1Cl. The number of benzene rings is 2. The molecule has 0 aromatic heterocycles. The first-order chi connectivity index (χ1) is 12.6. The number of carbonyl (C=O) groups excluding carboxylic acids is 1. The van der Waals surface area contributed by atoms with E-state index in [1.807, 2.05) is 22.6 Å². The molecule has 5 nitrogen and oxygen atoms in total. The van der Waals surface area contributed by atoms with Crippen molar-refractivity contribution in [3.63, 3.8) is 0 Å². The summed E-state index contributed by atoms with van der Waals surface area (Å²) >= 11 is 8.14. The molecule has 27 heavy (non-hydrogen) atoms. The van der Waals surface area contributed by atoms with Crippen molar-refractivity contribution < 1.29 is 32.3 Å². The third kappa shape index (κ3) is 6.19. The zero-order chi connectivity index (χ0) is 20.2. The van der Waals surface area contributed by atoms with Crippen LogP contribution in [-0.2, 0) is 4.84 Å². The number of halogens is 6. The van der Waals surface area contributed by atoms with Gasteiger partial charge in [-0.3, -0.25) is 9.63 Å². The number of aliphatic hydroxyl groups excluding tert-OH is 1. The summed E-state index contributed by atoms with van der Waals surface area (Å²) in [6.07, 6.45) is -7.64. The first kappa shape index (κ1) is 21.7. The van der Waals surface area contributed by atoms with Crippen LogP contribution in [0.15, 0.2) is 36.4 Å². The normalized spacial score (nSPS) is 12.6. The molecule has 2 aromatic carbocycles. The van der Waals surface area contributed by atoms with Gasteiger partial charge in [-0.1, -0.05) is 11.6 Å². The molecule has 2 rings (SSSR count). The monoisotopic (exact) mass is 518 g/mol. The van der Waals surface area contributed by atoms with Crippen LogP contribution >= 0.6 is 34.2 Å². The Kier molecular flexibility index (Phi) is 7.25. The number of anilines is 2. The van der Waals surface area contributed by atoms with E-state index in [-0.39, 0.29) is 11.3 Å². The zero-order valence-electron chi connectivity index (χ0n) is 13.3. The highest BCUT2D eigenvalue weighted by Crippen LogP contribution is 2.29. The van der Waals surface area contributed by atoms with Crippen molar-refractivity contribution in [1.82, 2.24) is 5.48 Å². The number of nitrogens with one attached hydrogen (secondary N) is 2. The molecule has 2 aromatic rings. The second-order valence-corrected chi connectivity index (χ2v) is 6.89. The molecule has 1 unspecified atom stereocenters. The fraction of sp³-hybridized carbons (Fsp3) is 0.188. The molecule has 0 spiro atoms. The maximum Gasteiger partial charge on any atom is 0.416 e. The number of aliphatic hydroxyl groups is 1. The average Bonchev–Trinajstić information content (AvgIpc) is 2.56. The number of amides is 1. The summed E-state index contributed by atoms with van der Waals surface area (Å²) in [4.78, 5) is 16.5. The van der Waals surface area contributed by atoms with E-state index in [4.69, 9.17) is 16.7 Å². The van der Waals surface area contributed by atoms with Gasteiger partial charge in [-0.05, 0) is 59.0 Å². The largest absolute Gasteiger partial charge is 0.416 e. The fourth-order valence-corrected chi connectivity index (χ4v) is 2.79. The summed E-state index contributed by atoms with van der Waals surface area (Å²) in [5.74, 6) is -1.59. The van der Waals surface area contributed by atoms with Gasteiger partial charge in [-0.2, -0.15) is 13.2 Å². The lowest BCUT2D eigenvalue weighted by Crippen LogP contribution is -2.36. The Hall–Kier alpha value is -1.63. The Labute approximate surface area is 169 Å². The molecule has 0 bridgehead atoms. The second-order valence-electron chi connectivity index (χ2n) is 5.24. The lowest BCUT2D eigenvalue weighted by Gasteiger charge is -2.16. The van der Waals surface area contributed by atoms with Crippen molar-refractivity contribution in [1.29, 1.82) is 0 Å². The fourth-order valence-electron chi connectivity index (χ4n) is 1.89. The van der Waals surface area contributed by atoms with Crippen molar-refractivity contribution in [2.75, 3.05) is 11.9 Å². The molecule has 0 saturated heterocycles. The predicted octanol–water partition coefficient (Wildman–Crippen LogP) is 4.41. The van der Waals surface area contributed by atoms with Gasteiger partial charge in [0, 0.05) is 3.57 Å². The smallest absolute Gasteiger partial charge is 0.381 e. The van der Waals surface area contributed by atoms with E-state index < -0.39 is 30.6 Å². The van der Waals surface area contributed by atoms with Crippen molar-refractivity contribution >= 4 is 51.5 Å². The Balaban J connectivity index is 2.14. The molecule has 0 aliphatic heterocycles. The van der Waals surface area contributed by atoms with Crippen molar-refractivity contribution in [2.45, 2.75) is 12.3 Å². The van der Waals surface area contributed by atoms with Crippen LogP contribution in [-0.4, -0.2) is 29.9 Å². The average molecular weight is 519 g/mol. The standard InChI is InChI=1S/C16H12ClF4IN2O3/c17-11-6-9(22)2-4-12(11)23-13-5-8(18)1-3-10(13)15(26)24-27-7-14(25)16(19,20)21/h1-6,14,23,25H,7H2,(H,24,26). The number of rotatable bonds is 6. The van der Waals surface area contributed by atoms with Gasteiger partial charge in [-0.15, -0.1) is 0 Å². The number of hydrogen-bond acceptors (Lipinski definition) is 4. The summed E-state index contributed by atoms with van der Waals surface area (Å²) in [6, 6.07) is 8.14. The molecule has 1 atom stereocenters. The molecule has 0 heterocycles. The number of carbonyl (C=O) groups is 1. The maximum atomic E-state index is 13.6. The Morgan fingerprint density at radius 3 is 2.56 bits per heavy atom. The van der Waals surface area contributed by atoms with Crippen LogP contribution < -0.4 is 10.8 Å². The van der Waals surface area contributed by atoms with Gasteiger partial charge in [0.15, 0.2) is 6.10 Å². The summed E-state index contributed by atoms with van der Waals surface area (Å²) < 4.78 is 51.0. The number of alkyl halides is 3. The third-order valence-electron chi connectivity index (χ3n) is 3.21. The lowest BCUT2D eigenvalue weighted by atomic mass is 10.1. The predicted molar refractivity (Wildman–Crippen MR) is 99.3 cm³/mol. The first-order valence-electron chi connectivity index (χ1n) is 7.26. The van der Waals surface area contributed by atoms with Crippen LogP contribution in [0.4, 0.5) is 28.9 Å². The topological polar surface area (TPSA) is 70.6 Å². The highest BCUT2D eigenvalue weighted by molar-refractivity contribution is 14.1. The van der Waals surface area contributed by atoms with Gasteiger partial charge < -0.3 is 10.4 Å². The van der Waals surface area contributed by atoms with E-state index in [1.54, 1.807) is 23.7 Å². The summed E-state index contributed by atoms with van der Waals surface area (Å²) in [6.45, 7) is -1.19. The second kappa shape index (κ2) is 9.04. The van der Waals surface area contributed by atoms with E-state index >= 15 is 0 Å². The maximum absolute atomic E-state index is 13.6. The molecule has 0 radical (unpaired) electrons. The minimum absolute atomic E-state index is 0.0237. The summed E-state index contributed by atoms with van der Waals surface area (Å²) in [5, 5.41) is 11.9. The minimum Gasteiger partial charge on any atom is -0.381 e. The highest BCUT2D eigenvalue weighted by Gasteiger charge is 2.38.